The molecular weight excluding hydrogens is 448 g/mol. The van der Waals surface area contributed by atoms with Gasteiger partial charge in [0.25, 0.3) is 0 Å². The summed E-state index contributed by atoms with van der Waals surface area (Å²) >= 11 is 0. The molecule has 12 nitrogen and oxygen atoms in total. The molecule has 2 amide bonds. The lowest BCUT2D eigenvalue weighted by atomic mass is 9.96. The van der Waals surface area contributed by atoms with Crippen molar-refractivity contribution >= 4 is 23.8 Å². The average molecular weight is 481 g/mol. The molecule has 2 aliphatic heterocycles. The van der Waals surface area contributed by atoms with E-state index < -0.39 is 34.6 Å². The van der Waals surface area contributed by atoms with Gasteiger partial charge in [0, 0.05) is 37.0 Å². The molecule has 2 heterocycles. The molecular formula is C22H32N4O8. The molecule has 4 N–H and O–H groups in total. The number of aliphatic hydroxyl groups is 2. The van der Waals surface area contributed by atoms with Crippen LogP contribution >= 0.6 is 0 Å². The summed E-state index contributed by atoms with van der Waals surface area (Å²) in [5.74, 6) is -1.24. The first-order valence-electron chi connectivity index (χ1n) is 11.1. The normalized spacial score (nSPS) is 18.3. The van der Waals surface area contributed by atoms with Gasteiger partial charge >= 0.3 is 12.2 Å². The van der Waals surface area contributed by atoms with Crippen LogP contribution in [0, 0.1) is 10.8 Å². The van der Waals surface area contributed by atoms with Gasteiger partial charge in [0.15, 0.2) is 0 Å². The highest BCUT2D eigenvalue weighted by Gasteiger charge is 2.45. The lowest BCUT2D eigenvalue weighted by Gasteiger charge is -2.26. The quantitative estimate of drug-likeness (QED) is 0.241. The first-order chi connectivity index (χ1) is 15.9. The lowest BCUT2D eigenvalue weighted by molar-refractivity contribution is -0.118. The van der Waals surface area contributed by atoms with E-state index in [1.54, 1.807) is 37.5 Å². The summed E-state index contributed by atoms with van der Waals surface area (Å²) in [6.45, 7) is 8.24. The standard InChI is InChI=1S/C22H32N4O8/c1-21(2,9-27)11-33-19(31)23-13-15(25-5-6-25)18(30)14(16(17(13)29)26-7-8-26)24-20(32)34-12-22(3,4)10-28/h27-28H,5-12H2,1-4H3,(H,23,31)(H,24,32). The maximum atomic E-state index is 13.4. The van der Waals surface area contributed by atoms with Crippen molar-refractivity contribution in [3.8, 4) is 0 Å². The molecule has 2 saturated heterocycles. The van der Waals surface area contributed by atoms with Crippen LogP contribution in [0.3, 0.4) is 0 Å². The van der Waals surface area contributed by atoms with Crippen LogP contribution in [0.1, 0.15) is 27.7 Å². The summed E-state index contributed by atoms with van der Waals surface area (Å²) in [5, 5.41) is 23.5. The highest BCUT2D eigenvalue weighted by molar-refractivity contribution is 6.26. The van der Waals surface area contributed by atoms with Gasteiger partial charge in [-0.05, 0) is 0 Å². The predicted octanol–water partition coefficient (Wildman–Crippen LogP) is -0.318. The molecule has 0 spiro atoms. The van der Waals surface area contributed by atoms with Crippen LogP contribution in [0.15, 0.2) is 22.8 Å². The summed E-state index contributed by atoms with van der Waals surface area (Å²) in [6, 6.07) is 0. The number of alkyl carbamates (subject to hydrolysis) is 2. The smallest absolute Gasteiger partial charge is 0.411 e. The highest BCUT2D eigenvalue weighted by atomic mass is 16.6. The number of hydrogen-bond acceptors (Lipinski definition) is 10. The van der Waals surface area contributed by atoms with Crippen LogP contribution in [0.25, 0.3) is 0 Å². The minimum Gasteiger partial charge on any atom is -0.449 e. The fraction of sp³-hybridized carbons (Fsp3) is 0.636. The van der Waals surface area contributed by atoms with Crippen molar-refractivity contribution in [3.05, 3.63) is 22.8 Å². The number of nitrogens with zero attached hydrogens (tertiary/aromatic N) is 2. The Morgan fingerprint density at radius 3 is 1.35 bits per heavy atom. The third-order valence-corrected chi connectivity index (χ3v) is 5.38. The van der Waals surface area contributed by atoms with Crippen molar-refractivity contribution in [1.29, 1.82) is 0 Å². The van der Waals surface area contributed by atoms with Gasteiger partial charge in [-0.2, -0.15) is 0 Å². The molecule has 0 bridgehead atoms. The fourth-order valence-corrected chi connectivity index (χ4v) is 2.95. The van der Waals surface area contributed by atoms with Gasteiger partial charge < -0.3 is 29.5 Å². The SMILES string of the molecule is CC(C)(CO)COC(=O)NC1=C(N2CC2)C(=O)C(NC(=O)OCC(C)(C)CO)=C(N2CC2)C1=O. The van der Waals surface area contributed by atoms with Gasteiger partial charge in [0.2, 0.25) is 11.6 Å². The summed E-state index contributed by atoms with van der Waals surface area (Å²) in [4.78, 5) is 54.8. The first kappa shape index (κ1) is 25.5. The molecule has 12 heteroatoms. The number of nitrogens with one attached hydrogen (secondary N) is 2. The van der Waals surface area contributed by atoms with Crippen molar-refractivity contribution in [2.45, 2.75) is 27.7 Å². The molecule has 0 aromatic carbocycles. The van der Waals surface area contributed by atoms with Gasteiger partial charge in [-0.25, -0.2) is 9.59 Å². The Bertz CT molecular complexity index is 869. The van der Waals surface area contributed by atoms with E-state index in [1.807, 2.05) is 0 Å². The number of hydrogen-bond donors (Lipinski definition) is 4. The van der Waals surface area contributed by atoms with E-state index in [9.17, 15) is 29.4 Å². The molecule has 0 saturated carbocycles. The number of carbonyl (C=O) groups is 4. The van der Waals surface area contributed by atoms with Gasteiger partial charge in [0.05, 0.1) is 13.2 Å². The van der Waals surface area contributed by atoms with Gasteiger partial charge in [-0.3, -0.25) is 20.2 Å². The Morgan fingerprint density at radius 1 is 0.765 bits per heavy atom. The van der Waals surface area contributed by atoms with Crippen LogP contribution in [0.2, 0.25) is 0 Å². The number of rotatable bonds is 10. The van der Waals surface area contributed by atoms with Gasteiger partial charge in [0.1, 0.15) is 36.0 Å². The molecule has 0 atom stereocenters. The second-order valence-electron chi connectivity index (χ2n) is 10.1. The third kappa shape index (κ3) is 6.06. The van der Waals surface area contributed by atoms with Crippen LogP contribution < -0.4 is 10.6 Å². The summed E-state index contributed by atoms with van der Waals surface area (Å²) in [6.07, 6.45) is -1.85. The monoisotopic (exact) mass is 480 g/mol. The van der Waals surface area contributed by atoms with E-state index in [4.69, 9.17) is 9.47 Å². The zero-order valence-electron chi connectivity index (χ0n) is 19.9. The Labute approximate surface area is 197 Å². The van der Waals surface area contributed by atoms with Crippen molar-refractivity contribution < 1.29 is 38.9 Å². The lowest BCUT2D eigenvalue weighted by Crippen LogP contribution is -2.43. The van der Waals surface area contributed by atoms with E-state index in [2.05, 4.69) is 10.6 Å². The molecule has 0 unspecified atom stereocenters. The van der Waals surface area contributed by atoms with E-state index in [-0.39, 0.29) is 49.2 Å². The number of ketones is 2. The Kier molecular flexibility index (Phi) is 7.22. The number of carbonyl (C=O) groups excluding carboxylic acids is 4. The molecule has 188 valence electrons. The maximum Gasteiger partial charge on any atom is 0.411 e. The second-order valence-corrected chi connectivity index (χ2v) is 10.1. The highest BCUT2D eigenvalue weighted by Crippen LogP contribution is 2.32. The van der Waals surface area contributed by atoms with Crippen molar-refractivity contribution in [1.82, 2.24) is 20.4 Å². The summed E-state index contributed by atoms with van der Waals surface area (Å²) in [5.41, 5.74) is -1.82. The van der Waals surface area contributed by atoms with Crippen LogP contribution in [0.5, 0.6) is 0 Å². The summed E-state index contributed by atoms with van der Waals surface area (Å²) in [7, 11) is 0. The molecule has 0 aromatic heterocycles. The topological polar surface area (TPSA) is 157 Å². The molecule has 0 aromatic rings. The molecule has 34 heavy (non-hydrogen) atoms. The molecule has 3 rings (SSSR count). The number of amides is 2. The molecule has 2 fully saturated rings. The van der Waals surface area contributed by atoms with E-state index in [0.717, 1.165) is 0 Å². The molecule has 3 aliphatic rings. The molecule has 1 aliphatic carbocycles. The van der Waals surface area contributed by atoms with Crippen molar-refractivity contribution in [2.75, 3.05) is 52.6 Å². The van der Waals surface area contributed by atoms with Crippen molar-refractivity contribution in [3.63, 3.8) is 0 Å². The minimum atomic E-state index is -0.927. The molecule has 0 radical (unpaired) electrons. The largest absolute Gasteiger partial charge is 0.449 e. The van der Waals surface area contributed by atoms with E-state index >= 15 is 0 Å². The van der Waals surface area contributed by atoms with Crippen molar-refractivity contribution in [2.24, 2.45) is 10.8 Å². The predicted molar refractivity (Wildman–Crippen MR) is 118 cm³/mol. The van der Waals surface area contributed by atoms with Crippen LogP contribution in [0.4, 0.5) is 9.59 Å². The maximum absolute atomic E-state index is 13.4. The first-order valence-corrected chi connectivity index (χ1v) is 11.1. The second kappa shape index (κ2) is 9.63. The fourth-order valence-electron chi connectivity index (χ4n) is 2.95. The Morgan fingerprint density at radius 2 is 1.09 bits per heavy atom. The average Bonchev–Trinajstić information content (AvgIpc) is 3.69. The minimum absolute atomic E-state index is 0.0278. The Balaban J connectivity index is 1.81. The number of ether oxygens (including phenoxy) is 2. The number of Topliss-reactive ketones (excluding diaryl/α,β-unsaturated/α-hetero) is 2. The zero-order valence-corrected chi connectivity index (χ0v) is 19.9. The summed E-state index contributed by atoms with van der Waals surface area (Å²) < 4.78 is 10.3. The van der Waals surface area contributed by atoms with E-state index in [0.29, 0.717) is 26.2 Å². The Hall–Kier alpha value is -3.12. The zero-order chi connectivity index (χ0) is 25.3. The van der Waals surface area contributed by atoms with Gasteiger partial charge in [-0.1, -0.05) is 27.7 Å². The van der Waals surface area contributed by atoms with E-state index in [1.165, 1.54) is 0 Å². The van der Waals surface area contributed by atoms with Crippen LogP contribution in [-0.2, 0) is 19.1 Å². The third-order valence-electron chi connectivity index (χ3n) is 5.38. The van der Waals surface area contributed by atoms with Gasteiger partial charge in [-0.15, -0.1) is 0 Å². The van der Waals surface area contributed by atoms with Crippen LogP contribution in [-0.4, -0.2) is 96.4 Å². The number of aliphatic hydroxyl groups excluding tert-OH is 2.